The van der Waals surface area contributed by atoms with E-state index < -0.39 is 46.4 Å². The van der Waals surface area contributed by atoms with E-state index in [9.17, 15) is 35.9 Å². The van der Waals surface area contributed by atoms with Gasteiger partial charge in [-0.25, -0.2) is 4.42 Å². The zero-order valence-corrected chi connectivity index (χ0v) is 31.2. The minimum absolute atomic E-state index is 0.0252. The van der Waals surface area contributed by atoms with E-state index in [2.05, 4.69) is 50.1 Å². The number of aryl methyl sites for hydroxylation is 2. The van der Waals surface area contributed by atoms with E-state index in [4.69, 9.17) is 11.8 Å². The normalized spacial score (nSPS) is 11.2. The second-order valence-electron chi connectivity index (χ2n) is 10.8. The summed E-state index contributed by atoms with van der Waals surface area (Å²) in [6.07, 6.45) is -8.93. The highest BCUT2D eigenvalue weighted by atomic mass is 35.5. The van der Waals surface area contributed by atoms with Crippen LogP contribution in [0.1, 0.15) is 84.5 Å². The smallest absolute Gasteiger partial charge is 0.347 e. The molecule has 4 nitrogen and oxygen atoms in total. The van der Waals surface area contributed by atoms with Gasteiger partial charge in [0.25, 0.3) is 11.8 Å². The molecule has 44 heavy (non-hydrogen) atoms. The molecular weight excluding hydrogens is 746 g/mol. The Hall–Kier alpha value is -1.21. The number of alkyl halides is 6. The summed E-state index contributed by atoms with van der Waals surface area (Å²) in [6, 6.07) is 6.53. The molecule has 0 aromatic heterocycles. The van der Waals surface area contributed by atoms with Crippen molar-refractivity contribution in [3.63, 3.8) is 0 Å². The molecule has 0 fully saturated rings. The Morgan fingerprint density at radius 3 is 1.34 bits per heavy atom. The Balaban J connectivity index is 0. The number of hydrogen-bond donors (Lipinski definition) is 1. The van der Waals surface area contributed by atoms with E-state index in [1.54, 1.807) is 41.5 Å². The van der Waals surface area contributed by atoms with Crippen LogP contribution in [0.3, 0.4) is 0 Å². The van der Waals surface area contributed by atoms with E-state index in [1.165, 1.54) is 43.7 Å². The minimum atomic E-state index is -4.49. The number of hydrogen-bond acceptors (Lipinski definition) is 6. The molecule has 0 aliphatic heterocycles. The van der Waals surface area contributed by atoms with Gasteiger partial charge in [-0.15, -0.1) is 0 Å². The molecule has 0 atom stereocenters. The molecule has 0 aliphatic rings. The first-order chi connectivity index (χ1) is 19.7. The van der Waals surface area contributed by atoms with Gasteiger partial charge in [0.1, 0.15) is 0 Å². The van der Waals surface area contributed by atoms with Crippen molar-refractivity contribution in [1.82, 2.24) is 9.74 Å². The third kappa shape index (κ3) is 18.7. The van der Waals surface area contributed by atoms with Crippen LogP contribution < -0.4 is 5.32 Å². The third-order valence-corrected chi connectivity index (χ3v) is 7.48. The number of halogens is 7. The Labute approximate surface area is 287 Å². The Morgan fingerprint density at radius 1 is 0.705 bits per heavy atom. The van der Waals surface area contributed by atoms with E-state index in [-0.39, 0.29) is 11.1 Å². The van der Waals surface area contributed by atoms with Gasteiger partial charge in [0.2, 0.25) is 0 Å². The fourth-order valence-corrected chi connectivity index (χ4v) is 3.08. The molecule has 0 saturated heterocycles. The highest BCUT2D eigenvalue weighted by Gasteiger charge is 2.33. The van der Waals surface area contributed by atoms with Crippen molar-refractivity contribution >= 4 is 95.0 Å². The van der Waals surface area contributed by atoms with Crippen LogP contribution in [0, 0.1) is 13.8 Å². The van der Waals surface area contributed by atoms with Crippen molar-refractivity contribution < 1.29 is 35.9 Å². The lowest BCUT2D eigenvalue weighted by molar-refractivity contribution is -0.138. The van der Waals surface area contributed by atoms with E-state index >= 15 is 0 Å². The number of rotatable bonds is 2. The Morgan fingerprint density at radius 2 is 1.05 bits per heavy atom. The molecular formula is C26H31ClF6N2O2S7. The first-order valence-corrected chi connectivity index (χ1v) is 19.0. The maximum Gasteiger partial charge on any atom is 0.416 e. The largest absolute Gasteiger partial charge is 0.416 e. The van der Waals surface area contributed by atoms with Gasteiger partial charge in [0.15, 0.2) is 0 Å². The van der Waals surface area contributed by atoms with Crippen LogP contribution >= 0.6 is 11.8 Å². The molecule has 18 heteroatoms. The van der Waals surface area contributed by atoms with Gasteiger partial charge in [-0.2, -0.15) is 26.3 Å². The predicted molar refractivity (Wildman–Crippen MR) is 183 cm³/mol. The zero-order chi connectivity index (χ0) is 35.3. The highest BCUT2D eigenvalue weighted by molar-refractivity contribution is 8.51. The zero-order valence-electron chi connectivity index (χ0n) is 24.7. The van der Waals surface area contributed by atoms with Crippen LogP contribution in [0.25, 0.3) is 0 Å². The third-order valence-electron chi connectivity index (χ3n) is 4.60. The lowest BCUT2D eigenvalue weighted by Crippen LogP contribution is -2.40. The predicted octanol–water partition coefficient (Wildman–Crippen LogP) is 7.93. The molecule has 0 bridgehead atoms. The van der Waals surface area contributed by atoms with Crippen LogP contribution in [-0.4, -0.2) is 27.3 Å². The van der Waals surface area contributed by atoms with Crippen molar-refractivity contribution in [2.75, 3.05) is 0 Å². The fourth-order valence-electron chi connectivity index (χ4n) is 2.98. The Bertz CT molecular complexity index is 1400. The maximum atomic E-state index is 12.7. The number of carbonyl (C=O) groups excluding carboxylic acids is 2. The average Bonchev–Trinajstić information content (AvgIpc) is 2.85. The maximum absolute atomic E-state index is 12.7. The summed E-state index contributed by atoms with van der Waals surface area (Å²) in [4.78, 5) is 23.9. The highest BCUT2D eigenvalue weighted by Crippen LogP contribution is 2.32. The standard InChI is InChI=1S/C13H15ClF3NO.C13H16F3NO.S4.S3/c1-8-5-9(7-10(6-8)13(15,16)17)11(19)18(14)12(2,3)4;1-8-5-9(11(18)17-12(2,3)4)7-10(6-8)13(14,15)16;1-3-4-2;1-3-2/h5-7H,1-4H3;5-7H,1-4H3,(H,17,18);;. The quantitative estimate of drug-likeness (QED) is 0.247. The number of amides is 2. The van der Waals surface area contributed by atoms with Gasteiger partial charge in [-0.3, -0.25) is 9.59 Å². The summed E-state index contributed by atoms with van der Waals surface area (Å²) >= 11 is 22.8. The lowest BCUT2D eigenvalue weighted by atomic mass is 10.0. The number of benzene rings is 2. The summed E-state index contributed by atoms with van der Waals surface area (Å²) in [5.74, 6) is -1.15. The fraction of sp³-hybridized carbons (Fsp3) is 0.462. The van der Waals surface area contributed by atoms with Crippen molar-refractivity contribution in [3.8, 4) is 0 Å². The van der Waals surface area contributed by atoms with Gasteiger partial charge in [0, 0.05) is 99.8 Å². The molecule has 2 amide bonds. The summed E-state index contributed by atoms with van der Waals surface area (Å²) in [7, 11) is 3.26. The molecule has 2 rings (SSSR count). The van der Waals surface area contributed by atoms with Gasteiger partial charge in [0.05, 0.1) is 16.7 Å². The molecule has 248 valence electrons. The molecule has 0 radical (unpaired) electrons. The summed E-state index contributed by atoms with van der Waals surface area (Å²) in [5, 5.41) is 2.64. The summed E-state index contributed by atoms with van der Waals surface area (Å²) in [5.41, 5.74) is -2.10. The molecule has 2 aromatic rings. The first-order valence-electron chi connectivity index (χ1n) is 12.0. The van der Waals surface area contributed by atoms with Crippen LogP contribution in [0.5, 0.6) is 0 Å². The Kier molecular flexibility index (Phi) is 19.9. The van der Waals surface area contributed by atoms with Gasteiger partial charge in [-0.05, 0) is 103 Å². The van der Waals surface area contributed by atoms with Crippen molar-refractivity contribution in [2.24, 2.45) is 0 Å². The minimum Gasteiger partial charge on any atom is -0.347 e. The van der Waals surface area contributed by atoms with Crippen LogP contribution in [0.15, 0.2) is 36.4 Å². The second-order valence-corrected chi connectivity index (χ2v) is 16.5. The van der Waals surface area contributed by atoms with Crippen LogP contribution in [0.4, 0.5) is 26.3 Å². The molecule has 2 aromatic carbocycles. The lowest BCUT2D eigenvalue weighted by Gasteiger charge is -2.28. The van der Waals surface area contributed by atoms with Crippen molar-refractivity contribution in [1.29, 1.82) is 0 Å². The molecule has 1 N–H and O–H groups in total. The number of carbonyl (C=O) groups is 2. The summed E-state index contributed by atoms with van der Waals surface area (Å²) in [6.45, 7) is 13.4. The van der Waals surface area contributed by atoms with E-state index in [1.807, 2.05) is 0 Å². The second kappa shape index (κ2) is 19.5. The monoisotopic (exact) mass is 776 g/mol. The number of nitrogens with one attached hydrogen (secondary N) is 1. The molecule has 0 heterocycles. The van der Waals surface area contributed by atoms with Gasteiger partial charge < -0.3 is 5.32 Å². The molecule has 0 saturated carbocycles. The van der Waals surface area contributed by atoms with Crippen LogP contribution in [0.2, 0.25) is 0 Å². The van der Waals surface area contributed by atoms with Crippen molar-refractivity contribution in [3.05, 3.63) is 69.8 Å². The molecule has 0 spiro atoms. The molecule has 0 aliphatic carbocycles. The van der Waals surface area contributed by atoms with E-state index in [0.29, 0.717) is 11.1 Å². The van der Waals surface area contributed by atoms with Crippen molar-refractivity contribution in [2.45, 2.75) is 78.8 Å². The van der Waals surface area contributed by atoms with Gasteiger partial charge in [-0.1, -0.05) is 0 Å². The number of nitrogens with zero attached hydrogens (tertiary/aromatic N) is 1. The first kappa shape index (κ1) is 44.9. The topological polar surface area (TPSA) is 49.4 Å². The van der Waals surface area contributed by atoms with Gasteiger partial charge >= 0.3 is 12.4 Å². The summed E-state index contributed by atoms with van der Waals surface area (Å²) < 4.78 is 76.8. The molecule has 0 unspecified atom stereocenters. The van der Waals surface area contributed by atoms with E-state index in [0.717, 1.165) is 37.6 Å². The average molecular weight is 777 g/mol. The SMILES string of the molecule is Cc1cc(C(=O)N(Cl)C(C)(C)C)cc(C(F)(F)F)c1.Cc1cc(C(=O)NC(C)(C)C)cc(C(F)(F)F)c1.S=S=S.S=S=S=S. The van der Waals surface area contributed by atoms with Crippen LogP contribution in [-0.2, 0) is 83.7 Å².